The summed E-state index contributed by atoms with van der Waals surface area (Å²) in [5.74, 6) is -0.359. The lowest BCUT2D eigenvalue weighted by molar-refractivity contribution is 0.102. The van der Waals surface area contributed by atoms with Crippen LogP contribution in [0.15, 0.2) is 40.9 Å². The van der Waals surface area contributed by atoms with Crippen LogP contribution in [0.2, 0.25) is 0 Å². The van der Waals surface area contributed by atoms with Crippen LogP contribution in [0.5, 0.6) is 5.75 Å². The Balaban J connectivity index is 2.23. The molecule has 0 saturated carbocycles. The number of nitrogen functional groups attached to an aromatic ring is 1. The molecule has 0 atom stereocenters. The minimum atomic E-state index is -0.451. The molecule has 2 rings (SSSR count). The topological polar surface area (TPSA) is 64.3 Å². The molecule has 6 heteroatoms. The van der Waals surface area contributed by atoms with Gasteiger partial charge in [0.05, 0.1) is 11.6 Å². The van der Waals surface area contributed by atoms with E-state index in [9.17, 15) is 9.18 Å². The Kier molecular flexibility index (Phi) is 4.24. The molecule has 20 heavy (non-hydrogen) atoms. The Bertz CT molecular complexity index is 662. The zero-order chi connectivity index (χ0) is 14.7. The third-order valence-electron chi connectivity index (χ3n) is 2.60. The number of nitrogens with two attached hydrogens (primary N) is 1. The number of halogens is 2. The number of nitrogens with one attached hydrogen (secondary N) is 1. The lowest BCUT2D eigenvalue weighted by Crippen LogP contribution is -2.12. The Morgan fingerprint density at radius 3 is 2.70 bits per heavy atom. The minimum Gasteiger partial charge on any atom is -0.497 e. The van der Waals surface area contributed by atoms with Gasteiger partial charge in [0.2, 0.25) is 0 Å². The second-order valence-electron chi connectivity index (χ2n) is 4.08. The number of methoxy groups -OCH3 is 1. The van der Waals surface area contributed by atoms with E-state index in [0.29, 0.717) is 27.2 Å². The maximum atomic E-state index is 13.4. The molecule has 1 amide bonds. The molecule has 104 valence electrons. The zero-order valence-corrected chi connectivity index (χ0v) is 12.2. The van der Waals surface area contributed by atoms with E-state index in [0.717, 1.165) is 0 Å². The molecule has 0 saturated heterocycles. The standard InChI is InChI=1S/C14H12BrFN2O2/c1-20-11-5-8(4-9(17)6-11)14(19)18-10-2-3-12(15)13(16)7-10/h2-7H,17H2,1H3,(H,18,19). The number of anilines is 2. The molecular formula is C14H12BrFN2O2. The number of hydrogen-bond acceptors (Lipinski definition) is 3. The van der Waals surface area contributed by atoms with Gasteiger partial charge in [-0.05, 0) is 46.3 Å². The van der Waals surface area contributed by atoms with Gasteiger partial charge in [0.15, 0.2) is 0 Å². The number of rotatable bonds is 3. The van der Waals surface area contributed by atoms with Gasteiger partial charge in [0, 0.05) is 23.0 Å². The van der Waals surface area contributed by atoms with Crippen LogP contribution < -0.4 is 15.8 Å². The van der Waals surface area contributed by atoms with Gasteiger partial charge in [-0.15, -0.1) is 0 Å². The molecular weight excluding hydrogens is 327 g/mol. The van der Waals surface area contributed by atoms with Gasteiger partial charge < -0.3 is 15.8 Å². The van der Waals surface area contributed by atoms with Crippen molar-refractivity contribution in [2.75, 3.05) is 18.2 Å². The predicted molar refractivity (Wildman–Crippen MR) is 79.5 cm³/mol. The summed E-state index contributed by atoms with van der Waals surface area (Å²) in [6.07, 6.45) is 0. The average Bonchev–Trinajstić information content (AvgIpc) is 2.42. The van der Waals surface area contributed by atoms with Gasteiger partial charge in [-0.1, -0.05) is 0 Å². The summed E-state index contributed by atoms with van der Waals surface area (Å²) in [4.78, 5) is 12.1. The van der Waals surface area contributed by atoms with E-state index in [1.54, 1.807) is 18.2 Å². The Morgan fingerprint density at radius 2 is 2.05 bits per heavy atom. The van der Waals surface area contributed by atoms with E-state index >= 15 is 0 Å². The van der Waals surface area contributed by atoms with E-state index < -0.39 is 11.7 Å². The van der Waals surface area contributed by atoms with E-state index in [1.165, 1.54) is 25.3 Å². The first-order valence-corrected chi connectivity index (χ1v) is 6.50. The van der Waals surface area contributed by atoms with Crippen LogP contribution in [0.1, 0.15) is 10.4 Å². The minimum absolute atomic E-state index is 0.334. The highest BCUT2D eigenvalue weighted by Gasteiger charge is 2.10. The molecule has 2 aromatic rings. The molecule has 0 aliphatic heterocycles. The molecule has 0 aliphatic carbocycles. The average molecular weight is 339 g/mol. The normalized spacial score (nSPS) is 10.2. The van der Waals surface area contributed by atoms with Gasteiger partial charge in [0.1, 0.15) is 11.6 Å². The highest BCUT2D eigenvalue weighted by atomic mass is 79.9. The summed E-state index contributed by atoms with van der Waals surface area (Å²) in [5.41, 5.74) is 6.79. The van der Waals surface area contributed by atoms with Gasteiger partial charge in [0.25, 0.3) is 5.91 Å². The van der Waals surface area contributed by atoms with Gasteiger partial charge in [-0.2, -0.15) is 0 Å². The summed E-state index contributed by atoms with van der Waals surface area (Å²) in [6.45, 7) is 0. The van der Waals surface area contributed by atoms with Crippen molar-refractivity contribution in [2.24, 2.45) is 0 Å². The van der Waals surface area contributed by atoms with Crippen molar-refractivity contribution in [3.8, 4) is 5.75 Å². The van der Waals surface area contributed by atoms with E-state index in [-0.39, 0.29) is 0 Å². The summed E-state index contributed by atoms with van der Waals surface area (Å²) >= 11 is 3.05. The first-order valence-electron chi connectivity index (χ1n) is 5.70. The molecule has 0 bridgehead atoms. The van der Waals surface area contributed by atoms with Crippen molar-refractivity contribution in [1.82, 2.24) is 0 Å². The molecule has 2 aromatic carbocycles. The van der Waals surface area contributed by atoms with Crippen molar-refractivity contribution < 1.29 is 13.9 Å². The molecule has 0 fully saturated rings. The highest BCUT2D eigenvalue weighted by molar-refractivity contribution is 9.10. The first-order chi connectivity index (χ1) is 9.49. The molecule has 0 aliphatic rings. The van der Waals surface area contributed by atoms with Gasteiger partial charge in [-0.3, -0.25) is 4.79 Å². The van der Waals surface area contributed by atoms with Gasteiger partial charge >= 0.3 is 0 Å². The van der Waals surface area contributed by atoms with E-state index in [4.69, 9.17) is 10.5 Å². The molecule has 0 unspecified atom stereocenters. The van der Waals surface area contributed by atoms with Crippen LogP contribution in [0.25, 0.3) is 0 Å². The molecule has 0 aromatic heterocycles. The largest absolute Gasteiger partial charge is 0.497 e. The van der Waals surface area contributed by atoms with Crippen LogP contribution >= 0.6 is 15.9 Å². The van der Waals surface area contributed by atoms with Crippen molar-refractivity contribution in [1.29, 1.82) is 0 Å². The number of carbonyl (C=O) groups excluding carboxylic acids is 1. The van der Waals surface area contributed by atoms with Crippen molar-refractivity contribution in [3.63, 3.8) is 0 Å². The molecule has 3 N–H and O–H groups in total. The summed E-state index contributed by atoms with van der Waals surface area (Å²) in [5, 5.41) is 2.59. The lowest BCUT2D eigenvalue weighted by atomic mass is 10.1. The van der Waals surface area contributed by atoms with E-state index in [1.807, 2.05) is 0 Å². The van der Waals surface area contributed by atoms with Crippen molar-refractivity contribution in [3.05, 3.63) is 52.3 Å². The van der Waals surface area contributed by atoms with Crippen LogP contribution in [0.3, 0.4) is 0 Å². The molecule has 0 heterocycles. The Morgan fingerprint density at radius 1 is 1.30 bits per heavy atom. The molecule has 0 radical (unpaired) electrons. The first kappa shape index (κ1) is 14.3. The number of hydrogen-bond donors (Lipinski definition) is 2. The van der Waals surface area contributed by atoms with E-state index in [2.05, 4.69) is 21.2 Å². The van der Waals surface area contributed by atoms with Crippen LogP contribution in [0.4, 0.5) is 15.8 Å². The Labute approximate surface area is 123 Å². The maximum absolute atomic E-state index is 13.4. The summed E-state index contributed by atoms with van der Waals surface area (Å²) in [6, 6.07) is 9.02. The SMILES string of the molecule is COc1cc(N)cc(C(=O)Nc2ccc(Br)c(F)c2)c1. The van der Waals surface area contributed by atoms with Gasteiger partial charge in [-0.25, -0.2) is 4.39 Å². The Hall–Kier alpha value is -2.08. The lowest BCUT2D eigenvalue weighted by Gasteiger charge is -2.08. The second kappa shape index (κ2) is 5.92. The summed E-state index contributed by atoms with van der Waals surface area (Å²) < 4.78 is 18.8. The third kappa shape index (κ3) is 3.27. The van der Waals surface area contributed by atoms with Crippen LogP contribution in [-0.4, -0.2) is 13.0 Å². The fraction of sp³-hybridized carbons (Fsp3) is 0.0714. The maximum Gasteiger partial charge on any atom is 0.255 e. The van der Waals surface area contributed by atoms with Crippen molar-refractivity contribution >= 4 is 33.2 Å². The predicted octanol–water partition coefficient (Wildman–Crippen LogP) is 3.43. The second-order valence-corrected chi connectivity index (χ2v) is 4.93. The fourth-order valence-electron chi connectivity index (χ4n) is 1.65. The van der Waals surface area contributed by atoms with Crippen molar-refractivity contribution in [2.45, 2.75) is 0 Å². The quantitative estimate of drug-likeness (QED) is 0.842. The van der Waals surface area contributed by atoms with Crippen LogP contribution in [-0.2, 0) is 0 Å². The monoisotopic (exact) mass is 338 g/mol. The highest BCUT2D eigenvalue weighted by Crippen LogP contribution is 2.22. The smallest absolute Gasteiger partial charge is 0.255 e. The number of ether oxygens (including phenoxy) is 1. The third-order valence-corrected chi connectivity index (χ3v) is 3.25. The summed E-state index contributed by atoms with van der Waals surface area (Å²) in [7, 11) is 1.49. The number of carbonyl (C=O) groups is 1. The molecule has 0 spiro atoms. The fourth-order valence-corrected chi connectivity index (χ4v) is 1.89. The molecule has 4 nitrogen and oxygen atoms in total. The van der Waals surface area contributed by atoms with Crippen LogP contribution in [0, 0.1) is 5.82 Å². The zero-order valence-electron chi connectivity index (χ0n) is 10.6. The number of benzene rings is 2. The number of amides is 1.